The largest absolute Gasteiger partial charge is 0.496 e. The molecule has 4 rings (SSSR count). The lowest BCUT2D eigenvalue weighted by Crippen LogP contribution is -2.29. The highest BCUT2D eigenvalue weighted by molar-refractivity contribution is 6.07. The van der Waals surface area contributed by atoms with Crippen molar-refractivity contribution >= 4 is 17.5 Å². The molecular formula is C28H29NO3. The monoisotopic (exact) mass is 427 g/mol. The molecular weight excluding hydrogens is 398 g/mol. The summed E-state index contributed by atoms with van der Waals surface area (Å²) in [4.78, 5) is 15.1. The number of piperidine rings is 1. The summed E-state index contributed by atoms with van der Waals surface area (Å²) in [5.41, 5.74) is 3.75. The summed E-state index contributed by atoms with van der Waals surface area (Å²) in [5, 5.41) is 0. The number of carbonyl (C=O) groups is 1. The van der Waals surface area contributed by atoms with Crippen LogP contribution in [0.15, 0.2) is 78.9 Å². The zero-order chi connectivity index (χ0) is 22.2. The van der Waals surface area contributed by atoms with Crippen molar-refractivity contribution in [2.45, 2.75) is 25.9 Å². The Balaban J connectivity index is 1.42. The second kappa shape index (κ2) is 10.7. The number of carbonyl (C=O) groups excluding carboxylic acids is 1. The Morgan fingerprint density at radius 2 is 1.69 bits per heavy atom. The van der Waals surface area contributed by atoms with Gasteiger partial charge in [-0.15, -0.1) is 0 Å². The van der Waals surface area contributed by atoms with Crippen molar-refractivity contribution in [3.8, 4) is 11.5 Å². The van der Waals surface area contributed by atoms with Crippen molar-refractivity contribution in [1.29, 1.82) is 0 Å². The van der Waals surface area contributed by atoms with Gasteiger partial charge in [0.15, 0.2) is 5.78 Å². The summed E-state index contributed by atoms with van der Waals surface area (Å²) in [6.45, 7) is 2.59. The molecule has 1 fully saturated rings. The first kappa shape index (κ1) is 21.7. The lowest BCUT2D eigenvalue weighted by atomic mass is 10.1. The average molecular weight is 428 g/mol. The fourth-order valence-corrected chi connectivity index (χ4v) is 3.95. The molecule has 0 atom stereocenters. The molecule has 164 valence electrons. The fourth-order valence-electron chi connectivity index (χ4n) is 3.95. The fraction of sp³-hybridized carbons (Fsp3) is 0.250. The molecule has 0 N–H and O–H groups in total. The summed E-state index contributed by atoms with van der Waals surface area (Å²) in [6, 6.07) is 23.5. The number of ether oxygens (including phenoxy) is 2. The SMILES string of the molecule is COc1ccc(/C=C/C(=O)c2ccc(N3CCCCC3)cc2)cc1COc1ccccc1. The van der Waals surface area contributed by atoms with E-state index in [4.69, 9.17) is 9.47 Å². The summed E-state index contributed by atoms with van der Waals surface area (Å²) in [6.07, 6.45) is 7.25. The van der Waals surface area contributed by atoms with Gasteiger partial charge in [0.2, 0.25) is 0 Å². The molecule has 1 aliphatic heterocycles. The van der Waals surface area contributed by atoms with E-state index in [1.165, 1.54) is 24.9 Å². The average Bonchev–Trinajstić information content (AvgIpc) is 2.87. The topological polar surface area (TPSA) is 38.8 Å². The number of methoxy groups -OCH3 is 1. The van der Waals surface area contributed by atoms with Gasteiger partial charge in [-0.3, -0.25) is 4.79 Å². The first-order valence-electron chi connectivity index (χ1n) is 11.1. The lowest BCUT2D eigenvalue weighted by molar-refractivity contribution is 0.104. The molecule has 0 radical (unpaired) electrons. The van der Waals surface area contributed by atoms with Crippen molar-refractivity contribution in [3.63, 3.8) is 0 Å². The van der Waals surface area contributed by atoms with Crippen LogP contribution in [-0.2, 0) is 6.61 Å². The zero-order valence-electron chi connectivity index (χ0n) is 18.5. The molecule has 3 aromatic rings. The Labute approximate surface area is 190 Å². The molecule has 4 heteroatoms. The van der Waals surface area contributed by atoms with Crippen LogP contribution in [0.5, 0.6) is 11.5 Å². The quantitative estimate of drug-likeness (QED) is 0.319. The molecule has 1 aliphatic rings. The Hall–Kier alpha value is -3.53. The standard InChI is InChI=1S/C28H29NO3/c1-31-28-17-11-22(20-24(28)21-32-26-8-4-2-5-9-26)10-16-27(30)23-12-14-25(15-13-23)29-18-6-3-7-19-29/h2,4-5,8-17,20H,3,6-7,18-19,21H2,1H3/b16-10+. The van der Waals surface area contributed by atoms with Crippen molar-refractivity contribution in [1.82, 2.24) is 0 Å². The molecule has 0 aliphatic carbocycles. The number of para-hydroxylation sites is 1. The number of hydrogen-bond acceptors (Lipinski definition) is 4. The molecule has 0 aromatic heterocycles. The van der Waals surface area contributed by atoms with Crippen molar-refractivity contribution in [2.24, 2.45) is 0 Å². The van der Waals surface area contributed by atoms with Crippen molar-refractivity contribution < 1.29 is 14.3 Å². The Bertz CT molecular complexity index is 1050. The van der Waals surface area contributed by atoms with E-state index in [-0.39, 0.29) is 5.78 Å². The van der Waals surface area contributed by atoms with Gasteiger partial charge in [0.1, 0.15) is 18.1 Å². The minimum absolute atomic E-state index is 0.00639. The number of rotatable bonds is 8. The Kier molecular flexibility index (Phi) is 7.23. The highest BCUT2D eigenvalue weighted by Gasteiger charge is 2.11. The van der Waals surface area contributed by atoms with Crippen LogP contribution in [0.3, 0.4) is 0 Å². The van der Waals surface area contributed by atoms with Gasteiger partial charge in [0.25, 0.3) is 0 Å². The molecule has 0 bridgehead atoms. The Morgan fingerprint density at radius 3 is 2.41 bits per heavy atom. The van der Waals surface area contributed by atoms with Gasteiger partial charge in [-0.25, -0.2) is 0 Å². The third kappa shape index (κ3) is 5.58. The van der Waals surface area contributed by atoms with Gasteiger partial charge in [-0.1, -0.05) is 30.3 Å². The summed E-state index contributed by atoms with van der Waals surface area (Å²) >= 11 is 0. The number of hydrogen-bond donors (Lipinski definition) is 0. The summed E-state index contributed by atoms with van der Waals surface area (Å²) < 4.78 is 11.3. The van der Waals surface area contributed by atoms with E-state index in [2.05, 4.69) is 17.0 Å². The second-order valence-corrected chi connectivity index (χ2v) is 7.97. The minimum Gasteiger partial charge on any atom is -0.496 e. The highest BCUT2D eigenvalue weighted by atomic mass is 16.5. The van der Waals surface area contributed by atoms with Crippen LogP contribution in [-0.4, -0.2) is 26.0 Å². The third-order valence-corrected chi connectivity index (χ3v) is 5.74. The molecule has 0 spiro atoms. The number of allylic oxidation sites excluding steroid dienone is 1. The molecule has 1 saturated heterocycles. The van der Waals surface area contributed by atoms with Gasteiger partial charge in [0, 0.05) is 29.9 Å². The van der Waals surface area contributed by atoms with E-state index in [1.807, 2.05) is 66.7 Å². The van der Waals surface area contributed by atoms with Crippen LogP contribution < -0.4 is 14.4 Å². The van der Waals surface area contributed by atoms with E-state index >= 15 is 0 Å². The Morgan fingerprint density at radius 1 is 0.938 bits per heavy atom. The van der Waals surface area contributed by atoms with Gasteiger partial charge >= 0.3 is 0 Å². The van der Waals surface area contributed by atoms with Crippen molar-refractivity contribution in [3.05, 3.63) is 95.6 Å². The van der Waals surface area contributed by atoms with Gasteiger partial charge in [-0.05, 0) is 79.4 Å². The van der Waals surface area contributed by atoms with E-state index in [0.29, 0.717) is 12.2 Å². The molecule has 32 heavy (non-hydrogen) atoms. The van der Waals surface area contributed by atoms with Crippen molar-refractivity contribution in [2.75, 3.05) is 25.1 Å². The van der Waals surface area contributed by atoms with E-state index < -0.39 is 0 Å². The van der Waals surface area contributed by atoms with Crippen LogP contribution >= 0.6 is 0 Å². The number of nitrogens with zero attached hydrogens (tertiary/aromatic N) is 1. The van der Waals surface area contributed by atoms with Crippen LogP contribution in [0.1, 0.15) is 40.7 Å². The smallest absolute Gasteiger partial charge is 0.185 e. The molecule has 3 aromatic carbocycles. The number of ketones is 1. The number of benzene rings is 3. The predicted molar refractivity (Wildman–Crippen MR) is 130 cm³/mol. The normalized spacial score (nSPS) is 13.8. The lowest BCUT2D eigenvalue weighted by Gasteiger charge is -2.28. The summed E-state index contributed by atoms with van der Waals surface area (Å²) in [7, 11) is 1.65. The van der Waals surface area contributed by atoms with Crippen LogP contribution in [0, 0.1) is 0 Å². The molecule has 0 amide bonds. The van der Waals surface area contributed by atoms with E-state index in [1.54, 1.807) is 13.2 Å². The maximum Gasteiger partial charge on any atom is 0.185 e. The summed E-state index contributed by atoms with van der Waals surface area (Å²) in [5.74, 6) is 1.56. The molecule has 0 unspecified atom stereocenters. The molecule has 4 nitrogen and oxygen atoms in total. The highest BCUT2D eigenvalue weighted by Crippen LogP contribution is 2.24. The maximum absolute atomic E-state index is 12.7. The van der Waals surface area contributed by atoms with Gasteiger partial charge < -0.3 is 14.4 Å². The van der Waals surface area contributed by atoms with Gasteiger partial charge in [0.05, 0.1) is 7.11 Å². The third-order valence-electron chi connectivity index (χ3n) is 5.74. The first-order valence-corrected chi connectivity index (χ1v) is 11.1. The second-order valence-electron chi connectivity index (χ2n) is 7.97. The van der Waals surface area contributed by atoms with Gasteiger partial charge in [-0.2, -0.15) is 0 Å². The minimum atomic E-state index is -0.00639. The van der Waals surface area contributed by atoms with E-state index in [0.717, 1.165) is 35.7 Å². The predicted octanol–water partition coefficient (Wildman–Crippen LogP) is 6.16. The van der Waals surface area contributed by atoms with Crippen LogP contribution in [0.2, 0.25) is 0 Å². The molecule has 1 heterocycles. The van der Waals surface area contributed by atoms with Crippen LogP contribution in [0.4, 0.5) is 5.69 Å². The molecule has 0 saturated carbocycles. The van der Waals surface area contributed by atoms with Crippen LogP contribution in [0.25, 0.3) is 6.08 Å². The maximum atomic E-state index is 12.7. The number of anilines is 1. The zero-order valence-corrected chi connectivity index (χ0v) is 18.5. The first-order chi connectivity index (χ1) is 15.7. The van der Waals surface area contributed by atoms with E-state index in [9.17, 15) is 4.79 Å².